The van der Waals surface area contributed by atoms with Gasteiger partial charge in [-0.3, -0.25) is 5.41 Å². The molecule has 0 saturated heterocycles. The maximum Gasteiger partial charge on any atom is 0.0892 e. The monoisotopic (exact) mass is 724 g/mol. The van der Waals surface area contributed by atoms with Crippen molar-refractivity contribution in [3.8, 4) is 55.6 Å². The van der Waals surface area contributed by atoms with Crippen molar-refractivity contribution < 1.29 is 0 Å². The minimum atomic E-state index is -0.361. The molecule has 2 aliphatic rings. The highest BCUT2D eigenvalue weighted by atomic mass is 14.7. The Morgan fingerprint density at radius 1 is 0.456 bits per heavy atom. The Morgan fingerprint density at radius 3 is 1.61 bits per heavy atom. The molecular weight excluding hydrogens is 689 g/mol. The minimum Gasteiger partial charge on any atom is -0.299 e. The van der Waals surface area contributed by atoms with Gasteiger partial charge in [0.1, 0.15) is 0 Å². The molecule has 0 aliphatic heterocycles. The van der Waals surface area contributed by atoms with Gasteiger partial charge in [0.15, 0.2) is 0 Å². The lowest BCUT2D eigenvalue weighted by atomic mass is 9.70. The summed E-state index contributed by atoms with van der Waals surface area (Å²) in [5.41, 5.74) is 19.1. The molecule has 0 unspecified atom stereocenters. The molecule has 1 aromatic heterocycles. The highest BCUT2D eigenvalue weighted by Crippen LogP contribution is 2.63. The van der Waals surface area contributed by atoms with Crippen LogP contribution >= 0.6 is 0 Å². The zero-order valence-corrected chi connectivity index (χ0v) is 31.2. The van der Waals surface area contributed by atoms with E-state index >= 15 is 0 Å². The van der Waals surface area contributed by atoms with Gasteiger partial charge in [-0.1, -0.05) is 170 Å². The van der Waals surface area contributed by atoms with Gasteiger partial charge >= 0.3 is 0 Å². The normalized spacial score (nSPS) is 13.1. The number of benzene rings is 8. The van der Waals surface area contributed by atoms with Crippen LogP contribution in [0.2, 0.25) is 0 Å². The molecular formula is C55H36N2. The molecule has 2 nitrogen and oxygen atoms in total. The number of hydrogen-bond donors (Lipinski definition) is 1. The Morgan fingerprint density at radius 2 is 0.965 bits per heavy atom. The average molecular weight is 725 g/mol. The summed E-state index contributed by atoms with van der Waals surface area (Å²) in [6.07, 6.45) is 5.18. The van der Waals surface area contributed by atoms with Gasteiger partial charge in [-0.05, 0) is 125 Å². The Balaban J connectivity index is 0.985. The fourth-order valence-corrected chi connectivity index (χ4v) is 9.52. The van der Waals surface area contributed by atoms with Crippen molar-refractivity contribution in [3.05, 3.63) is 235 Å². The van der Waals surface area contributed by atoms with Gasteiger partial charge in [-0.25, -0.2) is 4.98 Å². The summed E-state index contributed by atoms with van der Waals surface area (Å²) in [4.78, 5) is 4.79. The zero-order chi connectivity index (χ0) is 38.1. The van der Waals surface area contributed by atoms with Crippen molar-refractivity contribution in [2.75, 3.05) is 0 Å². The molecule has 1 heterocycles. The number of rotatable bonds is 6. The number of allylic oxidation sites excluding steroid dienone is 3. The third kappa shape index (κ3) is 4.97. The smallest absolute Gasteiger partial charge is 0.0892 e. The second kappa shape index (κ2) is 12.8. The summed E-state index contributed by atoms with van der Waals surface area (Å²) in [7, 11) is 0. The van der Waals surface area contributed by atoms with Crippen molar-refractivity contribution in [3.63, 3.8) is 0 Å². The van der Waals surface area contributed by atoms with Gasteiger partial charge in [-0.15, -0.1) is 0 Å². The van der Waals surface area contributed by atoms with Crippen LogP contribution in [0.15, 0.2) is 207 Å². The second-order valence-corrected chi connectivity index (χ2v) is 15.1. The molecule has 1 spiro atoms. The van der Waals surface area contributed by atoms with Crippen LogP contribution < -0.4 is 0 Å². The van der Waals surface area contributed by atoms with Gasteiger partial charge in [0.2, 0.25) is 0 Å². The van der Waals surface area contributed by atoms with Gasteiger partial charge < -0.3 is 0 Å². The molecule has 2 aliphatic carbocycles. The summed E-state index contributed by atoms with van der Waals surface area (Å²) in [5, 5.41) is 12.1. The van der Waals surface area contributed by atoms with E-state index in [4.69, 9.17) is 10.4 Å². The molecule has 2 heteroatoms. The molecule has 8 aromatic carbocycles. The van der Waals surface area contributed by atoms with Crippen molar-refractivity contribution in [1.82, 2.24) is 4.98 Å². The first-order chi connectivity index (χ1) is 28.1. The van der Waals surface area contributed by atoms with Crippen LogP contribution in [0.25, 0.3) is 77.3 Å². The average Bonchev–Trinajstić information content (AvgIpc) is 3.74. The van der Waals surface area contributed by atoms with Gasteiger partial charge in [-0.2, -0.15) is 0 Å². The summed E-state index contributed by atoms with van der Waals surface area (Å²) >= 11 is 0. The molecule has 0 amide bonds. The Hall–Kier alpha value is -7.42. The van der Waals surface area contributed by atoms with E-state index in [9.17, 15) is 0 Å². The summed E-state index contributed by atoms with van der Waals surface area (Å²) < 4.78 is 0. The van der Waals surface area contributed by atoms with E-state index in [1.807, 2.05) is 24.3 Å². The minimum absolute atomic E-state index is 0.354. The van der Waals surface area contributed by atoms with Crippen LogP contribution in [0.1, 0.15) is 27.9 Å². The van der Waals surface area contributed by atoms with Gasteiger partial charge in [0, 0.05) is 5.39 Å². The number of aromatic nitrogens is 1. The standard InChI is InChI=1S/C55H36N2/c1-2-3-19-52(56)54-34-47(46-15-7-11-20-53(46)57-54)37-25-21-35(22-26-37)38-27-23-36-24-28-39(32-41(36)31-38)40-29-30-45-44-14-6-10-18-50(44)55(51(45)33-40)48-16-8-4-12-42(48)43-13-5-9-17-49(43)55/h2-34,56H,1H2/b19-3-,56-52?. The van der Waals surface area contributed by atoms with Crippen molar-refractivity contribution in [1.29, 1.82) is 5.41 Å². The predicted molar refractivity (Wildman–Crippen MR) is 238 cm³/mol. The highest BCUT2D eigenvalue weighted by molar-refractivity contribution is 6.09. The predicted octanol–water partition coefficient (Wildman–Crippen LogP) is 13.8. The second-order valence-electron chi connectivity index (χ2n) is 15.1. The summed E-state index contributed by atoms with van der Waals surface area (Å²) in [6, 6.07) is 66.7. The largest absolute Gasteiger partial charge is 0.299 e. The topological polar surface area (TPSA) is 36.7 Å². The maximum absolute atomic E-state index is 8.60. The van der Waals surface area contributed by atoms with Gasteiger partial charge in [0.25, 0.3) is 0 Å². The number of pyridine rings is 1. The van der Waals surface area contributed by atoms with E-state index in [1.54, 1.807) is 18.2 Å². The lowest BCUT2D eigenvalue weighted by molar-refractivity contribution is 0.794. The number of para-hydroxylation sites is 1. The van der Waals surface area contributed by atoms with E-state index in [2.05, 4.69) is 164 Å². The Kier molecular flexibility index (Phi) is 7.42. The molecule has 0 radical (unpaired) electrons. The third-order valence-corrected chi connectivity index (χ3v) is 12.1. The lowest BCUT2D eigenvalue weighted by Crippen LogP contribution is -2.25. The van der Waals surface area contributed by atoms with E-state index in [-0.39, 0.29) is 5.41 Å². The van der Waals surface area contributed by atoms with Crippen LogP contribution in [-0.2, 0) is 5.41 Å². The first-order valence-corrected chi connectivity index (χ1v) is 19.5. The zero-order valence-electron chi connectivity index (χ0n) is 31.2. The quantitative estimate of drug-likeness (QED) is 0.135. The SMILES string of the molecule is C=C/C=C\C(=N)c1cc(-c2ccc(-c3ccc4ccc(-c5ccc6c(c5)C5(c7ccccc7-c7ccccc75)c5ccccc5-6)cc4c3)cc2)c2ccccc2n1. The van der Waals surface area contributed by atoms with Crippen LogP contribution in [0.5, 0.6) is 0 Å². The Labute approximate surface area is 332 Å². The number of hydrogen-bond acceptors (Lipinski definition) is 2. The lowest BCUT2D eigenvalue weighted by Gasteiger charge is -2.30. The van der Waals surface area contributed by atoms with E-state index < -0.39 is 0 Å². The van der Waals surface area contributed by atoms with Crippen LogP contribution in [0.3, 0.4) is 0 Å². The van der Waals surface area contributed by atoms with Crippen molar-refractivity contribution in [2.45, 2.75) is 5.41 Å². The number of fused-ring (bicyclic) bond motifs is 12. The molecule has 1 N–H and O–H groups in total. The van der Waals surface area contributed by atoms with Crippen LogP contribution in [0, 0.1) is 5.41 Å². The Bertz CT molecular complexity index is 3100. The van der Waals surface area contributed by atoms with Crippen LogP contribution in [0.4, 0.5) is 0 Å². The number of nitrogens with one attached hydrogen (secondary N) is 1. The third-order valence-electron chi connectivity index (χ3n) is 12.1. The fourth-order valence-electron chi connectivity index (χ4n) is 9.52. The summed E-state index contributed by atoms with van der Waals surface area (Å²) in [5.74, 6) is 0. The first kappa shape index (κ1) is 33.0. The molecule has 0 bridgehead atoms. The van der Waals surface area contributed by atoms with E-state index in [1.165, 1.54) is 72.0 Å². The van der Waals surface area contributed by atoms with E-state index in [0.717, 1.165) is 27.6 Å². The molecule has 57 heavy (non-hydrogen) atoms. The van der Waals surface area contributed by atoms with Gasteiger partial charge in [0.05, 0.1) is 22.3 Å². The van der Waals surface area contributed by atoms with Crippen LogP contribution in [-0.4, -0.2) is 10.7 Å². The molecule has 9 aromatic rings. The molecule has 11 rings (SSSR count). The number of nitrogens with zero attached hydrogens (tertiary/aromatic N) is 1. The molecule has 0 atom stereocenters. The van der Waals surface area contributed by atoms with Crippen molar-refractivity contribution in [2.24, 2.45) is 0 Å². The van der Waals surface area contributed by atoms with E-state index in [0.29, 0.717) is 11.4 Å². The first-order valence-electron chi connectivity index (χ1n) is 19.5. The fraction of sp³-hybridized carbons (Fsp3) is 0.0182. The van der Waals surface area contributed by atoms with Crippen molar-refractivity contribution >= 4 is 27.4 Å². The molecule has 0 saturated carbocycles. The molecule has 266 valence electrons. The highest BCUT2D eigenvalue weighted by Gasteiger charge is 2.51. The maximum atomic E-state index is 8.60. The molecule has 0 fully saturated rings. The summed E-state index contributed by atoms with van der Waals surface area (Å²) in [6.45, 7) is 3.75.